The normalized spacial score (nSPS) is 40.3. The van der Waals surface area contributed by atoms with E-state index in [1.165, 1.54) is 19.3 Å². The van der Waals surface area contributed by atoms with Crippen molar-refractivity contribution in [3.05, 3.63) is 0 Å². The van der Waals surface area contributed by atoms with E-state index in [9.17, 15) is 8.42 Å². The van der Waals surface area contributed by atoms with Crippen molar-refractivity contribution in [3.63, 3.8) is 0 Å². The quantitative estimate of drug-likeness (QED) is 0.579. The van der Waals surface area contributed by atoms with Crippen LogP contribution in [0.2, 0.25) is 0 Å². The summed E-state index contributed by atoms with van der Waals surface area (Å²) in [5.41, 5.74) is 0.329. The first-order valence-electron chi connectivity index (χ1n) is 8.83. The van der Waals surface area contributed by atoms with Gasteiger partial charge in [0.1, 0.15) is 0 Å². The van der Waals surface area contributed by atoms with Gasteiger partial charge in [0, 0.05) is 37.6 Å². The molecule has 0 radical (unpaired) electrons. The van der Waals surface area contributed by atoms with Crippen LogP contribution in [0.1, 0.15) is 32.1 Å². The molecule has 0 aromatic carbocycles. The molecule has 6 nitrogen and oxygen atoms in total. The molecule has 2 heterocycles. The molecule has 0 aromatic rings. The Labute approximate surface area is 138 Å². The summed E-state index contributed by atoms with van der Waals surface area (Å²) in [4.78, 5) is 4.35. The molecule has 2 N–H and O–H groups in total. The molecule has 4 fully saturated rings. The van der Waals surface area contributed by atoms with Crippen LogP contribution in [-0.2, 0) is 14.6 Å². The number of fused-ring (bicyclic) bond motifs is 2. The molecule has 0 amide bonds. The van der Waals surface area contributed by atoms with Gasteiger partial charge in [0.05, 0.1) is 17.6 Å². The maximum Gasteiger partial charge on any atom is 0.191 e. The number of rotatable bonds is 3. The lowest BCUT2D eigenvalue weighted by molar-refractivity contribution is -0.171. The summed E-state index contributed by atoms with van der Waals surface area (Å²) in [6.07, 6.45) is 6.16. The van der Waals surface area contributed by atoms with Gasteiger partial charge in [-0.25, -0.2) is 8.42 Å². The van der Waals surface area contributed by atoms with E-state index < -0.39 is 9.84 Å². The lowest BCUT2D eigenvalue weighted by Gasteiger charge is -2.63. The van der Waals surface area contributed by atoms with Gasteiger partial charge in [-0.15, -0.1) is 0 Å². The molecule has 2 saturated carbocycles. The Morgan fingerprint density at radius 3 is 2.78 bits per heavy atom. The molecule has 2 saturated heterocycles. The van der Waals surface area contributed by atoms with E-state index >= 15 is 0 Å². The average Bonchev–Trinajstić information content (AvgIpc) is 3.02. The van der Waals surface area contributed by atoms with Crippen LogP contribution >= 0.6 is 0 Å². The van der Waals surface area contributed by atoms with Crippen molar-refractivity contribution >= 4 is 15.8 Å². The van der Waals surface area contributed by atoms with Crippen LogP contribution in [0.25, 0.3) is 0 Å². The van der Waals surface area contributed by atoms with Gasteiger partial charge < -0.3 is 15.4 Å². The molecule has 4 aliphatic rings. The van der Waals surface area contributed by atoms with Crippen LogP contribution in [0.15, 0.2) is 4.99 Å². The monoisotopic (exact) mass is 341 g/mol. The predicted molar refractivity (Wildman–Crippen MR) is 89.2 cm³/mol. The third-order valence-electron chi connectivity index (χ3n) is 6.44. The van der Waals surface area contributed by atoms with Gasteiger partial charge in [-0.2, -0.15) is 0 Å². The number of hydrogen-bond acceptors (Lipinski definition) is 4. The number of guanidine groups is 1. The number of aliphatic imine (C=N–C) groups is 1. The molecule has 7 heteroatoms. The second-order valence-corrected chi connectivity index (χ2v) is 9.90. The van der Waals surface area contributed by atoms with Crippen LogP contribution < -0.4 is 10.6 Å². The summed E-state index contributed by atoms with van der Waals surface area (Å²) in [5, 5.41) is 6.97. The Bertz CT molecular complexity index is 600. The highest BCUT2D eigenvalue weighted by Crippen LogP contribution is 2.62. The maximum atomic E-state index is 11.6. The summed E-state index contributed by atoms with van der Waals surface area (Å²) < 4.78 is 29.1. The SMILES string of the molecule is CN=C(NCC1CCS(=O)(=O)C1)NC1C2CCOC2C12CCC2. The molecule has 2 aliphatic heterocycles. The molecule has 4 rings (SSSR count). The topological polar surface area (TPSA) is 79.8 Å². The van der Waals surface area contributed by atoms with Crippen molar-refractivity contribution in [1.82, 2.24) is 10.6 Å². The fraction of sp³-hybridized carbons (Fsp3) is 0.938. The van der Waals surface area contributed by atoms with Gasteiger partial charge >= 0.3 is 0 Å². The Hall–Kier alpha value is -0.820. The fourth-order valence-electron chi connectivity index (χ4n) is 5.07. The first-order valence-corrected chi connectivity index (χ1v) is 10.7. The van der Waals surface area contributed by atoms with Gasteiger partial charge in [0.25, 0.3) is 0 Å². The first kappa shape index (κ1) is 15.7. The van der Waals surface area contributed by atoms with Crippen LogP contribution in [0.3, 0.4) is 0 Å². The molecule has 2 aliphatic carbocycles. The molecule has 130 valence electrons. The van der Waals surface area contributed by atoms with Gasteiger partial charge in [-0.1, -0.05) is 6.42 Å². The highest BCUT2D eigenvalue weighted by molar-refractivity contribution is 7.91. The molecule has 0 aromatic heterocycles. The minimum atomic E-state index is -2.81. The van der Waals surface area contributed by atoms with Gasteiger partial charge in [-0.3, -0.25) is 4.99 Å². The summed E-state index contributed by atoms with van der Waals surface area (Å²) in [6, 6.07) is 0.460. The summed E-state index contributed by atoms with van der Waals surface area (Å²) in [7, 11) is -1.02. The largest absolute Gasteiger partial charge is 0.377 e. The van der Waals surface area contributed by atoms with Crippen molar-refractivity contribution < 1.29 is 13.2 Å². The van der Waals surface area contributed by atoms with E-state index in [-0.39, 0.29) is 5.92 Å². The zero-order valence-corrected chi connectivity index (χ0v) is 14.6. The highest BCUT2D eigenvalue weighted by atomic mass is 32.2. The summed E-state index contributed by atoms with van der Waals surface area (Å²) in [5.74, 6) is 2.28. The van der Waals surface area contributed by atoms with Gasteiger partial charge in [0.2, 0.25) is 0 Å². The minimum absolute atomic E-state index is 0.208. The van der Waals surface area contributed by atoms with Crippen LogP contribution in [-0.4, -0.2) is 58.2 Å². The third-order valence-corrected chi connectivity index (χ3v) is 8.27. The Morgan fingerprint density at radius 2 is 2.17 bits per heavy atom. The Balaban J connectivity index is 1.34. The second kappa shape index (κ2) is 5.62. The van der Waals surface area contributed by atoms with Crippen molar-refractivity contribution in [2.45, 2.75) is 44.2 Å². The number of nitrogens with one attached hydrogen (secondary N) is 2. The smallest absolute Gasteiger partial charge is 0.191 e. The van der Waals surface area contributed by atoms with Crippen LogP contribution in [0.5, 0.6) is 0 Å². The number of ether oxygens (including phenoxy) is 1. The first-order chi connectivity index (χ1) is 11.0. The molecular weight excluding hydrogens is 314 g/mol. The number of sulfone groups is 1. The molecular formula is C16H27N3O3S. The standard InChI is InChI=1S/C16H27N3O3S/c1-17-15(18-9-11-4-8-23(20,21)10-11)19-13-12-3-7-22-14(12)16(13)5-2-6-16/h11-14H,2-10H2,1H3,(H2,17,18,19). The van der Waals surface area contributed by atoms with Crippen molar-refractivity contribution in [2.75, 3.05) is 31.7 Å². The average molecular weight is 341 g/mol. The molecule has 23 heavy (non-hydrogen) atoms. The molecule has 1 spiro atoms. The lowest BCUT2D eigenvalue weighted by atomic mass is 9.46. The molecule has 0 bridgehead atoms. The summed E-state index contributed by atoms with van der Waals surface area (Å²) in [6.45, 7) is 1.57. The maximum absolute atomic E-state index is 11.6. The summed E-state index contributed by atoms with van der Waals surface area (Å²) >= 11 is 0. The van der Waals surface area contributed by atoms with E-state index in [0.717, 1.165) is 25.4 Å². The van der Waals surface area contributed by atoms with E-state index in [4.69, 9.17) is 4.74 Å². The lowest BCUT2D eigenvalue weighted by Crippen LogP contribution is -2.72. The molecule has 4 atom stereocenters. The zero-order chi connectivity index (χ0) is 16.1. The molecule has 4 unspecified atom stereocenters. The van der Waals surface area contributed by atoms with Gasteiger partial charge in [-0.05, 0) is 31.6 Å². The van der Waals surface area contributed by atoms with E-state index in [0.29, 0.717) is 41.5 Å². The van der Waals surface area contributed by atoms with E-state index in [1.807, 2.05) is 0 Å². The second-order valence-electron chi connectivity index (χ2n) is 7.67. The third kappa shape index (κ3) is 2.56. The minimum Gasteiger partial charge on any atom is -0.377 e. The highest BCUT2D eigenvalue weighted by Gasteiger charge is 2.66. The fourth-order valence-corrected chi connectivity index (χ4v) is 6.93. The van der Waals surface area contributed by atoms with E-state index in [1.54, 1.807) is 7.05 Å². The van der Waals surface area contributed by atoms with E-state index in [2.05, 4.69) is 15.6 Å². The van der Waals surface area contributed by atoms with Crippen molar-refractivity contribution in [3.8, 4) is 0 Å². The van der Waals surface area contributed by atoms with Crippen LogP contribution in [0, 0.1) is 17.3 Å². The van der Waals surface area contributed by atoms with Crippen molar-refractivity contribution in [2.24, 2.45) is 22.2 Å². The Kier molecular flexibility index (Phi) is 3.83. The predicted octanol–water partition coefficient (Wildman–Crippen LogP) is 0.544. The Morgan fingerprint density at radius 1 is 1.35 bits per heavy atom. The number of nitrogens with zero attached hydrogens (tertiary/aromatic N) is 1. The zero-order valence-electron chi connectivity index (χ0n) is 13.8. The van der Waals surface area contributed by atoms with Gasteiger partial charge in [0.15, 0.2) is 15.8 Å². The van der Waals surface area contributed by atoms with Crippen LogP contribution in [0.4, 0.5) is 0 Å². The number of hydrogen-bond donors (Lipinski definition) is 2. The van der Waals surface area contributed by atoms with Crippen molar-refractivity contribution in [1.29, 1.82) is 0 Å².